The first kappa shape index (κ1) is 24.6. The third-order valence-electron chi connectivity index (χ3n) is 5.21. The van der Waals surface area contributed by atoms with E-state index in [4.69, 9.17) is 9.47 Å². The number of rotatable bonds is 17. The summed E-state index contributed by atoms with van der Waals surface area (Å²) in [6.45, 7) is 2.86. The van der Waals surface area contributed by atoms with E-state index in [1.807, 2.05) is 6.08 Å². The number of allylic oxidation sites excluding steroid dienone is 1. The lowest BCUT2D eigenvalue weighted by Crippen LogP contribution is -2.40. The van der Waals surface area contributed by atoms with Crippen LogP contribution in [0.15, 0.2) is 12.2 Å². The summed E-state index contributed by atoms with van der Waals surface area (Å²) in [4.78, 5) is 0. The summed E-state index contributed by atoms with van der Waals surface area (Å²) < 4.78 is 10.6. The second kappa shape index (κ2) is 16.5. The zero-order chi connectivity index (χ0) is 19.7. The topological polar surface area (TPSA) is 79.2 Å². The predicted octanol–water partition coefficient (Wildman–Crippen LogP) is 3.74. The van der Waals surface area contributed by atoms with Crippen LogP contribution in [0.2, 0.25) is 0 Å². The van der Waals surface area contributed by atoms with Gasteiger partial charge in [-0.05, 0) is 12.8 Å². The molecule has 0 aromatic rings. The lowest BCUT2D eigenvalue weighted by atomic mass is 10.1. The minimum absolute atomic E-state index is 0.0573. The molecule has 0 bridgehead atoms. The Kier molecular flexibility index (Phi) is 15.0. The van der Waals surface area contributed by atoms with E-state index in [1.165, 1.54) is 70.6 Å². The average Bonchev–Trinajstić information content (AvgIpc) is 3.00. The third kappa shape index (κ3) is 11.9. The molecule has 1 fully saturated rings. The Morgan fingerprint density at radius 3 is 2.07 bits per heavy atom. The van der Waals surface area contributed by atoms with Crippen LogP contribution >= 0.6 is 0 Å². The molecule has 4 atom stereocenters. The van der Waals surface area contributed by atoms with Crippen molar-refractivity contribution in [2.75, 3.05) is 19.8 Å². The van der Waals surface area contributed by atoms with Gasteiger partial charge in [-0.2, -0.15) is 0 Å². The van der Waals surface area contributed by atoms with Gasteiger partial charge in [-0.25, -0.2) is 0 Å². The van der Waals surface area contributed by atoms with Gasteiger partial charge in [0, 0.05) is 0 Å². The third-order valence-corrected chi connectivity index (χ3v) is 5.21. The molecule has 1 saturated heterocycles. The Bertz CT molecular complexity index is 361. The quantitative estimate of drug-likeness (QED) is 0.262. The Balaban J connectivity index is 1.83. The van der Waals surface area contributed by atoms with Gasteiger partial charge in [0.05, 0.1) is 19.8 Å². The highest BCUT2D eigenvalue weighted by atomic mass is 16.5. The summed E-state index contributed by atoms with van der Waals surface area (Å²) in [6.07, 6.45) is 16.5. The molecule has 0 unspecified atom stereocenters. The van der Waals surface area contributed by atoms with E-state index in [2.05, 4.69) is 13.0 Å². The van der Waals surface area contributed by atoms with Crippen LogP contribution < -0.4 is 0 Å². The first-order valence-corrected chi connectivity index (χ1v) is 11.0. The van der Waals surface area contributed by atoms with Gasteiger partial charge < -0.3 is 24.8 Å². The van der Waals surface area contributed by atoms with Crippen molar-refractivity contribution in [2.45, 2.75) is 108 Å². The lowest BCUT2D eigenvalue weighted by molar-refractivity contribution is -0.0782. The zero-order valence-electron chi connectivity index (χ0n) is 17.2. The summed E-state index contributed by atoms with van der Waals surface area (Å²) in [7, 11) is 0. The Morgan fingerprint density at radius 2 is 1.52 bits per heavy atom. The number of hydrogen-bond donors (Lipinski definition) is 3. The minimum Gasteiger partial charge on any atom is -0.388 e. The summed E-state index contributed by atoms with van der Waals surface area (Å²) in [5.74, 6) is 0. The van der Waals surface area contributed by atoms with E-state index >= 15 is 0 Å². The summed E-state index contributed by atoms with van der Waals surface area (Å²) >= 11 is 0. The molecule has 0 saturated carbocycles. The maximum Gasteiger partial charge on any atom is 0.114 e. The van der Waals surface area contributed by atoms with Crippen molar-refractivity contribution in [3.63, 3.8) is 0 Å². The molecule has 1 rings (SSSR count). The monoisotopic (exact) mass is 386 g/mol. The molecule has 3 N–H and O–H groups in total. The molecule has 0 aromatic heterocycles. The van der Waals surface area contributed by atoms with Crippen molar-refractivity contribution in [2.24, 2.45) is 0 Å². The Morgan fingerprint density at radius 1 is 0.926 bits per heavy atom. The van der Waals surface area contributed by atoms with Crippen LogP contribution in [0.3, 0.4) is 0 Å². The maximum absolute atomic E-state index is 9.91. The van der Waals surface area contributed by atoms with E-state index in [0.29, 0.717) is 6.61 Å². The second-order valence-corrected chi connectivity index (χ2v) is 7.76. The summed E-state index contributed by atoms with van der Waals surface area (Å²) in [6, 6.07) is 0. The number of aliphatic hydroxyl groups is 3. The molecular formula is C22H42O5. The van der Waals surface area contributed by atoms with Gasteiger partial charge in [0.15, 0.2) is 0 Å². The smallest absolute Gasteiger partial charge is 0.114 e. The van der Waals surface area contributed by atoms with Gasteiger partial charge in [0.1, 0.15) is 24.4 Å². The van der Waals surface area contributed by atoms with Gasteiger partial charge in [-0.3, -0.25) is 0 Å². The van der Waals surface area contributed by atoms with E-state index in [9.17, 15) is 15.3 Å². The molecule has 0 radical (unpaired) electrons. The van der Waals surface area contributed by atoms with E-state index in [-0.39, 0.29) is 13.2 Å². The average molecular weight is 387 g/mol. The summed E-state index contributed by atoms with van der Waals surface area (Å²) in [5, 5.41) is 29.0. The van der Waals surface area contributed by atoms with Crippen LogP contribution in [-0.2, 0) is 9.47 Å². The largest absolute Gasteiger partial charge is 0.388 e. The van der Waals surface area contributed by atoms with E-state index < -0.39 is 24.4 Å². The number of unbranched alkanes of at least 4 members (excludes halogenated alkanes) is 11. The highest BCUT2D eigenvalue weighted by Crippen LogP contribution is 2.17. The summed E-state index contributed by atoms with van der Waals surface area (Å²) in [5.41, 5.74) is 0. The van der Waals surface area contributed by atoms with Crippen molar-refractivity contribution in [1.82, 2.24) is 0 Å². The van der Waals surface area contributed by atoms with Gasteiger partial charge in [-0.1, -0.05) is 83.3 Å². The molecule has 1 aliphatic heterocycles. The van der Waals surface area contributed by atoms with Crippen molar-refractivity contribution in [3.05, 3.63) is 12.2 Å². The fraction of sp³-hybridized carbons (Fsp3) is 0.909. The lowest BCUT2D eigenvalue weighted by Gasteiger charge is -2.20. The van der Waals surface area contributed by atoms with Gasteiger partial charge >= 0.3 is 0 Å². The van der Waals surface area contributed by atoms with Crippen LogP contribution in [0, 0.1) is 0 Å². The van der Waals surface area contributed by atoms with Crippen molar-refractivity contribution in [1.29, 1.82) is 0 Å². The first-order valence-electron chi connectivity index (χ1n) is 11.0. The molecule has 1 aliphatic rings. The van der Waals surface area contributed by atoms with Crippen LogP contribution in [0.25, 0.3) is 0 Å². The normalized spacial score (nSPS) is 24.1. The number of ether oxygens (including phenoxy) is 2. The molecular weight excluding hydrogens is 344 g/mol. The first-order chi connectivity index (χ1) is 13.2. The molecule has 5 heteroatoms. The van der Waals surface area contributed by atoms with Gasteiger partial charge in [0.2, 0.25) is 0 Å². The van der Waals surface area contributed by atoms with Crippen LogP contribution in [0.1, 0.15) is 84.0 Å². The highest BCUT2D eigenvalue weighted by molar-refractivity contribution is 4.88. The maximum atomic E-state index is 9.91. The van der Waals surface area contributed by atoms with Crippen LogP contribution in [-0.4, -0.2) is 59.6 Å². The standard InChI is InChI=1S/C22H42O5/c1-2-3-4-5-6-7-8-9-10-11-12-13-14-15-16-26-17-20(24)22-21(25)19(23)18-27-22/h14-15,19-25H,2-13,16-18H2,1H3/b15-14+/t19-,20+,21+,22+/m0/s1. The van der Waals surface area contributed by atoms with Crippen molar-refractivity contribution >= 4 is 0 Å². The molecule has 0 aromatic carbocycles. The SMILES string of the molecule is CCCCCCCCCCCCC/C=C/COC[C@@H](O)[C@H]1OC[C@H](O)[C@H]1O. The number of aliphatic hydroxyl groups excluding tert-OH is 3. The fourth-order valence-corrected chi connectivity index (χ4v) is 3.43. The Hall–Kier alpha value is -0.460. The van der Waals surface area contributed by atoms with Crippen molar-refractivity contribution < 1.29 is 24.8 Å². The van der Waals surface area contributed by atoms with Crippen LogP contribution in [0.5, 0.6) is 0 Å². The molecule has 0 aliphatic carbocycles. The van der Waals surface area contributed by atoms with Gasteiger partial charge in [-0.15, -0.1) is 0 Å². The molecule has 160 valence electrons. The van der Waals surface area contributed by atoms with Crippen molar-refractivity contribution in [3.8, 4) is 0 Å². The molecule has 0 amide bonds. The molecule has 0 spiro atoms. The molecule has 5 nitrogen and oxygen atoms in total. The highest BCUT2D eigenvalue weighted by Gasteiger charge is 2.39. The second-order valence-electron chi connectivity index (χ2n) is 7.76. The molecule has 1 heterocycles. The zero-order valence-corrected chi connectivity index (χ0v) is 17.2. The minimum atomic E-state index is -1.04. The molecule has 27 heavy (non-hydrogen) atoms. The Labute approximate surface area is 165 Å². The van der Waals surface area contributed by atoms with E-state index in [0.717, 1.165) is 6.42 Å². The van der Waals surface area contributed by atoms with Crippen LogP contribution in [0.4, 0.5) is 0 Å². The fourth-order valence-electron chi connectivity index (χ4n) is 3.43. The van der Waals surface area contributed by atoms with Gasteiger partial charge in [0.25, 0.3) is 0 Å². The predicted molar refractivity (Wildman–Crippen MR) is 109 cm³/mol. The van der Waals surface area contributed by atoms with E-state index in [1.54, 1.807) is 0 Å². The number of hydrogen-bond acceptors (Lipinski definition) is 5.